The molecule has 1 aliphatic heterocycles. The molecular weight excluding hydrogens is 220 g/mol. The molecule has 0 amide bonds. The number of ether oxygens (including phenoxy) is 1. The minimum absolute atomic E-state index is 0.102. The van der Waals surface area contributed by atoms with Crippen molar-refractivity contribution in [1.29, 1.82) is 0 Å². The molecule has 5 nitrogen and oxygen atoms in total. The number of hydrogen-bond donors (Lipinski definition) is 1. The lowest BCUT2D eigenvalue weighted by molar-refractivity contribution is -0.0277. The molecule has 0 aromatic carbocycles. The first-order valence-electron chi connectivity index (χ1n) is 5.57. The van der Waals surface area contributed by atoms with E-state index in [1.165, 1.54) is 6.20 Å². The molecule has 0 atom stereocenters. The van der Waals surface area contributed by atoms with E-state index < -0.39 is 5.97 Å². The molecule has 2 heterocycles. The van der Waals surface area contributed by atoms with Gasteiger partial charge in [-0.05, 0) is 26.0 Å². The van der Waals surface area contributed by atoms with Crippen LogP contribution in [0.4, 0.5) is 5.69 Å². The highest BCUT2D eigenvalue weighted by atomic mass is 16.5. The van der Waals surface area contributed by atoms with Crippen LogP contribution in [0.25, 0.3) is 0 Å². The zero-order valence-electron chi connectivity index (χ0n) is 10.0. The molecule has 92 valence electrons. The summed E-state index contributed by atoms with van der Waals surface area (Å²) in [5.41, 5.74) is 0.505. The molecule has 0 aliphatic carbocycles. The van der Waals surface area contributed by atoms with Crippen LogP contribution in [0.3, 0.4) is 0 Å². The Bertz CT molecular complexity index is 432. The molecule has 1 aliphatic rings. The Hall–Kier alpha value is -1.62. The Labute approximate surface area is 100 Å². The van der Waals surface area contributed by atoms with Crippen LogP contribution in [0.15, 0.2) is 18.3 Å². The van der Waals surface area contributed by atoms with Crippen LogP contribution in [0, 0.1) is 0 Å². The highest BCUT2D eigenvalue weighted by Gasteiger charge is 2.29. The van der Waals surface area contributed by atoms with Gasteiger partial charge in [0.15, 0.2) is 5.69 Å². The van der Waals surface area contributed by atoms with Crippen molar-refractivity contribution in [2.45, 2.75) is 19.4 Å². The van der Waals surface area contributed by atoms with Crippen molar-refractivity contribution >= 4 is 11.7 Å². The van der Waals surface area contributed by atoms with Crippen molar-refractivity contribution in [2.24, 2.45) is 0 Å². The Balaban J connectivity index is 2.30. The van der Waals surface area contributed by atoms with Gasteiger partial charge < -0.3 is 14.7 Å². The lowest BCUT2D eigenvalue weighted by Gasteiger charge is -2.39. The number of aromatic carboxylic acids is 1. The standard InChI is InChI=1S/C12H16N2O3/c1-12(2)8-14(6-7-17-12)9-4-3-5-13-10(9)11(15)16/h3-5H,6-8H2,1-2H3,(H,15,16). The number of anilines is 1. The summed E-state index contributed by atoms with van der Waals surface area (Å²) < 4.78 is 5.61. The predicted octanol–water partition coefficient (Wildman–Crippen LogP) is 1.40. The number of rotatable bonds is 2. The number of aromatic nitrogens is 1. The molecule has 0 spiro atoms. The second-order valence-electron chi connectivity index (χ2n) is 4.71. The number of carbonyl (C=O) groups is 1. The lowest BCUT2D eigenvalue weighted by Crippen LogP contribution is -2.48. The predicted molar refractivity (Wildman–Crippen MR) is 63.4 cm³/mol. The fraction of sp³-hybridized carbons (Fsp3) is 0.500. The van der Waals surface area contributed by atoms with E-state index in [-0.39, 0.29) is 11.3 Å². The van der Waals surface area contributed by atoms with E-state index in [1.807, 2.05) is 18.7 Å². The fourth-order valence-corrected chi connectivity index (χ4v) is 2.04. The highest BCUT2D eigenvalue weighted by Crippen LogP contribution is 2.24. The smallest absolute Gasteiger partial charge is 0.356 e. The van der Waals surface area contributed by atoms with E-state index in [1.54, 1.807) is 12.1 Å². The summed E-state index contributed by atoms with van der Waals surface area (Å²) in [6, 6.07) is 3.54. The normalized spacial score (nSPS) is 19.1. The maximum absolute atomic E-state index is 11.1. The van der Waals surface area contributed by atoms with Crippen LogP contribution in [-0.2, 0) is 4.74 Å². The Morgan fingerprint density at radius 3 is 3.00 bits per heavy atom. The first kappa shape index (κ1) is 11.9. The first-order valence-corrected chi connectivity index (χ1v) is 5.57. The summed E-state index contributed by atoms with van der Waals surface area (Å²) in [4.78, 5) is 17.0. The molecule has 2 rings (SSSR count). The van der Waals surface area contributed by atoms with Crippen molar-refractivity contribution in [1.82, 2.24) is 4.98 Å². The molecule has 1 aromatic heterocycles. The van der Waals surface area contributed by atoms with Gasteiger partial charge in [0.1, 0.15) is 0 Å². The summed E-state index contributed by atoms with van der Waals surface area (Å²) in [5.74, 6) is -0.995. The van der Waals surface area contributed by atoms with E-state index in [0.29, 0.717) is 25.4 Å². The number of hydrogen-bond acceptors (Lipinski definition) is 4. The molecule has 1 fully saturated rings. The van der Waals surface area contributed by atoms with Gasteiger partial charge in [-0.25, -0.2) is 9.78 Å². The summed E-state index contributed by atoms with van der Waals surface area (Å²) in [7, 11) is 0. The Kier molecular flexibility index (Phi) is 3.02. The monoisotopic (exact) mass is 236 g/mol. The quantitative estimate of drug-likeness (QED) is 0.840. The first-order chi connectivity index (χ1) is 7.99. The van der Waals surface area contributed by atoms with Gasteiger partial charge in [-0.15, -0.1) is 0 Å². The number of carboxylic acid groups (broad SMARTS) is 1. The minimum atomic E-state index is -0.995. The second kappa shape index (κ2) is 4.33. The molecular formula is C12H16N2O3. The van der Waals surface area contributed by atoms with Crippen LogP contribution >= 0.6 is 0 Å². The van der Waals surface area contributed by atoms with Gasteiger partial charge in [-0.1, -0.05) is 0 Å². The highest BCUT2D eigenvalue weighted by molar-refractivity contribution is 5.92. The van der Waals surface area contributed by atoms with Gasteiger partial charge in [-0.2, -0.15) is 0 Å². The maximum atomic E-state index is 11.1. The molecule has 0 bridgehead atoms. The molecule has 0 saturated carbocycles. The third kappa shape index (κ3) is 2.55. The fourth-order valence-electron chi connectivity index (χ4n) is 2.04. The number of morpholine rings is 1. The zero-order valence-corrected chi connectivity index (χ0v) is 10.0. The average Bonchev–Trinajstić information content (AvgIpc) is 2.27. The zero-order chi connectivity index (χ0) is 12.5. The van der Waals surface area contributed by atoms with E-state index in [9.17, 15) is 4.79 Å². The van der Waals surface area contributed by atoms with Crippen molar-refractivity contribution < 1.29 is 14.6 Å². The van der Waals surface area contributed by atoms with Crippen molar-refractivity contribution in [3.63, 3.8) is 0 Å². The molecule has 5 heteroatoms. The topological polar surface area (TPSA) is 62.7 Å². The van der Waals surface area contributed by atoms with Crippen LogP contribution < -0.4 is 4.90 Å². The van der Waals surface area contributed by atoms with Gasteiger partial charge in [0.25, 0.3) is 0 Å². The van der Waals surface area contributed by atoms with Crippen molar-refractivity contribution in [3.8, 4) is 0 Å². The van der Waals surface area contributed by atoms with Gasteiger partial charge in [0, 0.05) is 19.3 Å². The molecule has 0 unspecified atom stereocenters. The molecule has 1 aromatic rings. The van der Waals surface area contributed by atoms with Gasteiger partial charge >= 0.3 is 5.97 Å². The number of nitrogens with zero attached hydrogens (tertiary/aromatic N) is 2. The van der Waals surface area contributed by atoms with Crippen LogP contribution in [-0.4, -0.2) is 41.4 Å². The minimum Gasteiger partial charge on any atom is -0.476 e. The Morgan fingerprint density at radius 1 is 1.59 bits per heavy atom. The van der Waals surface area contributed by atoms with Crippen molar-refractivity contribution in [2.75, 3.05) is 24.6 Å². The molecule has 17 heavy (non-hydrogen) atoms. The Morgan fingerprint density at radius 2 is 2.35 bits per heavy atom. The van der Waals surface area contributed by atoms with Crippen molar-refractivity contribution in [3.05, 3.63) is 24.0 Å². The SMILES string of the molecule is CC1(C)CN(c2cccnc2C(=O)O)CCO1. The van der Waals surface area contributed by atoms with E-state index in [2.05, 4.69) is 4.98 Å². The largest absolute Gasteiger partial charge is 0.476 e. The molecule has 1 N–H and O–H groups in total. The van der Waals surface area contributed by atoms with Crippen LogP contribution in [0.1, 0.15) is 24.3 Å². The van der Waals surface area contributed by atoms with E-state index in [4.69, 9.17) is 9.84 Å². The third-order valence-corrected chi connectivity index (χ3v) is 2.76. The summed E-state index contributed by atoms with van der Waals surface area (Å²) >= 11 is 0. The third-order valence-electron chi connectivity index (χ3n) is 2.76. The summed E-state index contributed by atoms with van der Waals surface area (Å²) in [6.07, 6.45) is 1.50. The van der Waals surface area contributed by atoms with Gasteiger partial charge in [0.2, 0.25) is 0 Å². The van der Waals surface area contributed by atoms with E-state index >= 15 is 0 Å². The van der Waals surface area contributed by atoms with Gasteiger partial charge in [0.05, 0.1) is 17.9 Å². The maximum Gasteiger partial charge on any atom is 0.356 e. The lowest BCUT2D eigenvalue weighted by atomic mass is 10.1. The van der Waals surface area contributed by atoms with Gasteiger partial charge in [-0.3, -0.25) is 0 Å². The van der Waals surface area contributed by atoms with Crippen LogP contribution in [0.5, 0.6) is 0 Å². The molecule has 1 saturated heterocycles. The van der Waals surface area contributed by atoms with Crippen LogP contribution in [0.2, 0.25) is 0 Å². The molecule has 0 radical (unpaired) electrons. The number of pyridine rings is 1. The summed E-state index contributed by atoms with van der Waals surface area (Å²) in [5, 5.41) is 9.11. The van der Waals surface area contributed by atoms with E-state index in [0.717, 1.165) is 0 Å². The average molecular weight is 236 g/mol. The number of carboxylic acids is 1. The summed E-state index contributed by atoms with van der Waals surface area (Å²) in [6.45, 7) is 5.95. The second-order valence-corrected chi connectivity index (χ2v) is 4.71.